The summed E-state index contributed by atoms with van der Waals surface area (Å²) in [4.78, 5) is 9.07. The molecule has 0 aromatic carbocycles. The van der Waals surface area contributed by atoms with Gasteiger partial charge in [-0.25, -0.2) is 0 Å². The topological polar surface area (TPSA) is 37.3 Å². The Morgan fingerprint density at radius 1 is 1.50 bits per heavy atom. The van der Waals surface area contributed by atoms with E-state index in [1.165, 1.54) is 30.6 Å². The number of aliphatic imine (C=N–C) groups is 1. The molecule has 1 saturated heterocycles. The third-order valence-corrected chi connectivity index (χ3v) is 5.01. The van der Waals surface area contributed by atoms with Crippen LogP contribution < -0.4 is 5.32 Å². The number of hydrogen-bond acceptors (Lipinski definition) is 3. The van der Waals surface area contributed by atoms with Gasteiger partial charge in [-0.15, -0.1) is 0 Å². The van der Waals surface area contributed by atoms with E-state index in [2.05, 4.69) is 28.3 Å². The molecule has 4 heteroatoms. The lowest BCUT2D eigenvalue weighted by Crippen LogP contribution is -2.41. The minimum Gasteiger partial charge on any atom is -0.362 e. The number of fused-ring (bicyclic) bond motifs is 1. The lowest BCUT2D eigenvalue weighted by atomic mass is 10.1. The fourth-order valence-corrected chi connectivity index (χ4v) is 3.90. The number of aromatic nitrogens is 1. The van der Waals surface area contributed by atoms with E-state index in [0.717, 1.165) is 16.8 Å². The summed E-state index contributed by atoms with van der Waals surface area (Å²) in [6.07, 6.45) is 5.91. The van der Waals surface area contributed by atoms with Gasteiger partial charge in [-0.1, -0.05) is 24.2 Å². The van der Waals surface area contributed by atoms with E-state index in [-0.39, 0.29) is 0 Å². The largest absolute Gasteiger partial charge is 0.362 e. The first-order chi connectivity index (χ1) is 8.83. The summed E-state index contributed by atoms with van der Waals surface area (Å²) in [5.74, 6) is 2.10. The summed E-state index contributed by atoms with van der Waals surface area (Å²) in [5, 5.41) is 4.70. The monoisotopic (exact) mass is 261 g/mol. The Hall–Kier alpha value is -1.03. The second-order valence-electron chi connectivity index (χ2n) is 5.14. The molecule has 2 unspecified atom stereocenters. The third kappa shape index (κ3) is 2.53. The van der Waals surface area contributed by atoms with Crippen molar-refractivity contribution in [2.24, 2.45) is 10.9 Å². The summed E-state index contributed by atoms with van der Waals surface area (Å²) >= 11 is 1.88. The minimum atomic E-state index is 0.676. The van der Waals surface area contributed by atoms with Crippen LogP contribution in [0.3, 0.4) is 0 Å². The van der Waals surface area contributed by atoms with Gasteiger partial charge in [0, 0.05) is 18.0 Å². The summed E-state index contributed by atoms with van der Waals surface area (Å²) in [5.41, 5.74) is 2.31. The molecule has 3 rings (SSSR count). The summed E-state index contributed by atoms with van der Waals surface area (Å²) in [6, 6.07) is 4.74. The maximum Gasteiger partial charge on any atom is 0.157 e. The van der Waals surface area contributed by atoms with Crippen molar-refractivity contribution in [3.8, 4) is 0 Å². The van der Waals surface area contributed by atoms with E-state index in [1.807, 2.05) is 24.0 Å². The van der Waals surface area contributed by atoms with Crippen LogP contribution in [-0.4, -0.2) is 21.9 Å². The Kier molecular flexibility index (Phi) is 3.55. The standard InChI is InChI=1S/C14H19N3S/c1-10-4-3-7-15-13(10)8-16-14-17-12-6-2-5-11(12)9-18-14/h3-4,7,11-12H,2,5-6,8-9H2,1H3,(H,16,17). The van der Waals surface area contributed by atoms with Gasteiger partial charge in [0.1, 0.15) is 0 Å². The van der Waals surface area contributed by atoms with Crippen LogP contribution in [0.5, 0.6) is 0 Å². The van der Waals surface area contributed by atoms with E-state index in [0.29, 0.717) is 12.6 Å². The molecule has 0 radical (unpaired) electrons. The maximum absolute atomic E-state index is 4.68. The van der Waals surface area contributed by atoms with Crippen molar-refractivity contribution in [1.82, 2.24) is 10.3 Å². The number of nitrogens with zero attached hydrogens (tertiary/aromatic N) is 2. The molecule has 0 spiro atoms. The number of amidine groups is 1. The molecule has 1 aliphatic carbocycles. The van der Waals surface area contributed by atoms with Gasteiger partial charge in [0.25, 0.3) is 0 Å². The van der Waals surface area contributed by atoms with E-state index >= 15 is 0 Å². The van der Waals surface area contributed by atoms with Gasteiger partial charge < -0.3 is 5.32 Å². The van der Waals surface area contributed by atoms with Gasteiger partial charge in [-0.05, 0) is 37.3 Å². The van der Waals surface area contributed by atoms with Crippen molar-refractivity contribution >= 4 is 16.9 Å². The first kappa shape index (κ1) is 12.0. The van der Waals surface area contributed by atoms with Crippen LogP contribution in [-0.2, 0) is 6.54 Å². The lowest BCUT2D eigenvalue weighted by Gasteiger charge is -2.28. The van der Waals surface area contributed by atoms with Crippen LogP contribution in [0, 0.1) is 12.8 Å². The fourth-order valence-electron chi connectivity index (χ4n) is 2.73. The van der Waals surface area contributed by atoms with Crippen LogP contribution in [0.4, 0.5) is 0 Å². The van der Waals surface area contributed by atoms with Crippen LogP contribution in [0.15, 0.2) is 23.3 Å². The maximum atomic E-state index is 4.68. The van der Waals surface area contributed by atoms with Crippen molar-refractivity contribution in [1.29, 1.82) is 0 Å². The zero-order valence-corrected chi connectivity index (χ0v) is 11.5. The quantitative estimate of drug-likeness (QED) is 0.889. The van der Waals surface area contributed by atoms with Crippen molar-refractivity contribution < 1.29 is 0 Å². The van der Waals surface area contributed by atoms with Gasteiger partial charge >= 0.3 is 0 Å². The predicted octanol–water partition coefficient (Wildman–Crippen LogP) is 2.75. The van der Waals surface area contributed by atoms with Crippen LogP contribution in [0.25, 0.3) is 0 Å². The van der Waals surface area contributed by atoms with Crippen molar-refractivity contribution in [2.75, 3.05) is 5.75 Å². The van der Waals surface area contributed by atoms with Gasteiger partial charge in [-0.3, -0.25) is 9.98 Å². The molecule has 96 valence electrons. The molecule has 1 aromatic rings. The van der Waals surface area contributed by atoms with Gasteiger partial charge in [-0.2, -0.15) is 0 Å². The van der Waals surface area contributed by atoms with E-state index < -0.39 is 0 Å². The zero-order valence-electron chi connectivity index (χ0n) is 10.7. The van der Waals surface area contributed by atoms with Gasteiger partial charge in [0.05, 0.1) is 12.2 Å². The van der Waals surface area contributed by atoms with E-state index in [9.17, 15) is 0 Å². The third-order valence-electron chi connectivity index (χ3n) is 3.89. The number of aryl methyl sites for hydroxylation is 1. The molecule has 2 fully saturated rings. The average molecular weight is 261 g/mol. The summed E-state index contributed by atoms with van der Waals surface area (Å²) in [7, 11) is 0. The highest BCUT2D eigenvalue weighted by Gasteiger charge is 2.31. The molecule has 1 aromatic heterocycles. The van der Waals surface area contributed by atoms with Crippen LogP contribution >= 0.6 is 11.8 Å². The van der Waals surface area contributed by atoms with Gasteiger partial charge in [0.2, 0.25) is 0 Å². The van der Waals surface area contributed by atoms with Gasteiger partial charge in [0.15, 0.2) is 5.17 Å². The van der Waals surface area contributed by atoms with Crippen LogP contribution in [0.1, 0.15) is 30.5 Å². The second kappa shape index (κ2) is 5.31. The molecule has 2 aliphatic rings. The SMILES string of the molecule is Cc1cccnc1CN=C1NC2CCCC2CS1. The first-order valence-corrected chi connectivity index (χ1v) is 7.66. The first-order valence-electron chi connectivity index (χ1n) is 6.67. The summed E-state index contributed by atoms with van der Waals surface area (Å²) < 4.78 is 0. The van der Waals surface area contributed by atoms with E-state index in [4.69, 9.17) is 0 Å². The average Bonchev–Trinajstić information content (AvgIpc) is 2.85. The molecule has 1 N–H and O–H groups in total. The Balaban J connectivity index is 1.65. The lowest BCUT2D eigenvalue weighted by molar-refractivity contribution is 0.489. The second-order valence-corrected chi connectivity index (χ2v) is 6.15. The van der Waals surface area contributed by atoms with E-state index in [1.54, 1.807) is 0 Å². The zero-order chi connectivity index (χ0) is 12.4. The highest BCUT2D eigenvalue weighted by molar-refractivity contribution is 8.13. The Bertz CT molecular complexity index is 458. The normalized spacial score (nSPS) is 29.1. The number of pyridine rings is 1. The Morgan fingerprint density at radius 3 is 3.33 bits per heavy atom. The highest BCUT2D eigenvalue weighted by atomic mass is 32.2. The molecular weight excluding hydrogens is 242 g/mol. The molecule has 1 aliphatic heterocycles. The smallest absolute Gasteiger partial charge is 0.157 e. The van der Waals surface area contributed by atoms with Crippen molar-refractivity contribution in [2.45, 2.75) is 38.8 Å². The number of rotatable bonds is 2. The van der Waals surface area contributed by atoms with Crippen molar-refractivity contribution in [3.63, 3.8) is 0 Å². The molecule has 2 atom stereocenters. The molecule has 1 saturated carbocycles. The molecule has 2 heterocycles. The molecular formula is C14H19N3S. The molecule has 0 bridgehead atoms. The Labute approximate surface area is 112 Å². The summed E-state index contributed by atoms with van der Waals surface area (Å²) in [6.45, 7) is 2.79. The molecule has 3 nitrogen and oxygen atoms in total. The fraction of sp³-hybridized carbons (Fsp3) is 0.571. The van der Waals surface area contributed by atoms with Crippen molar-refractivity contribution in [3.05, 3.63) is 29.6 Å². The number of hydrogen-bond donors (Lipinski definition) is 1. The predicted molar refractivity (Wildman–Crippen MR) is 76.8 cm³/mol. The molecule has 0 amide bonds. The number of nitrogens with one attached hydrogen (secondary N) is 1. The Morgan fingerprint density at radius 2 is 2.44 bits per heavy atom. The molecule has 18 heavy (non-hydrogen) atoms. The minimum absolute atomic E-state index is 0.676. The highest BCUT2D eigenvalue weighted by Crippen LogP contribution is 2.32. The number of thioether (sulfide) groups is 1. The van der Waals surface area contributed by atoms with Crippen LogP contribution in [0.2, 0.25) is 0 Å².